The molecule has 1 aromatic rings. The first-order valence-corrected chi connectivity index (χ1v) is 11.6. The van der Waals surface area contributed by atoms with E-state index in [2.05, 4.69) is 53.6 Å². The van der Waals surface area contributed by atoms with Gasteiger partial charge < -0.3 is 5.32 Å². The van der Waals surface area contributed by atoms with E-state index >= 15 is 0 Å². The first kappa shape index (κ1) is 21.3. The number of fused-ring (bicyclic) bond motifs is 1. The summed E-state index contributed by atoms with van der Waals surface area (Å²) in [6, 6.07) is 8.90. The Labute approximate surface area is 171 Å². The van der Waals surface area contributed by atoms with Crippen molar-refractivity contribution in [1.82, 2.24) is 15.5 Å². The van der Waals surface area contributed by atoms with Crippen LogP contribution in [0.25, 0.3) is 0 Å². The summed E-state index contributed by atoms with van der Waals surface area (Å²) in [6.45, 7) is 6.34. The van der Waals surface area contributed by atoms with Crippen LogP contribution in [0.1, 0.15) is 82.8 Å². The topological polar surface area (TPSA) is 44.4 Å². The highest BCUT2D eigenvalue weighted by atomic mass is 16.2. The van der Waals surface area contributed by atoms with Gasteiger partial charge in [0.1, 0.15) is 6.29 Å². The molecule has 3 rings (SSSR count). The van der Waals surface area contributed by atoms with E-state index in [1.165, 1.54) is 62.5 Å². The first-order chi connectivity index (χ1) is 13.7. The zero-order valence-corrected chi connectivity index (χ0v) is 17.9. The molecule has 1 aromatic carbocycles. The molecule has 2 N–H and O–H groups in total. The molecular weight excluding hydrogens is 346 g/mol. The number of unbranched alkanes of at least 4 members (excludes halogenated alkanes) is 7. The van der Waals surface area contributed by atoms with Gasteiger partial charge in [-0.1, -0.05) is 82.6 Å². The molecule has 3 atom stereocenters. The third-order valence-electron chi connectivity index (χ3n) is 6.53. The zero-order chi connectivity index (χ0) is 19.8. The average Bonchev–Trinajstić information content (AvgIpc) is 2.71. The summed E-state index contributed by atoms with van der Waals surface area (Å²) in [5.74, 6) is 0.339. The molecular formula is C24H39N3O. The number of hydrogen-bond acceptors (Lipinski definition) is 3. The lowest BCUT2D eigenvalue weighted by atomic mass is 9.91. The van der Waals surface area contributed by atoms with E-state index in [4.69, 9.17) is 0 Å². The molecule has 156 valence electrons. The molecule has 0 spiro atoms. The molecule has 2 aliphatic heterocycles. The molecule has 2 aliphatic rings. The highest BCUT2D eigenvalue weighted by molar-refractivity contribution is 5.80. The van der Waals surface area contributed by atoms with Crippen molar-refractivity contribution < 1.29 is 4.79 Å². The SMILES string of the molecule is CCCCCCCCCCC1C(=O)NC(N2CCc3ccccc3C2)NC1C. The van der Waals surface area contributed by atoms with E-state index < -0.39 is 0 Å². The third kappa shape index (κ3) is 5.81. The number of hydrogen-bond donors (Lipinski definition) is 2. The second-order valence-corrected chi connectivity index (χ2v) is 8.73. The van der Waals surface area contributed by atoms with Crippen LogP contribution in [0.15, 0.2) is 24.3 Å². The average molecular weight is 386 g/mol. The van der Waals surface area contributed by atoms with E-state index in [9.17, 15) is 4.79 Å². The maximum atomic E-state index is 12.8. The monoisotopic (exact) mass is 385 g/mol. The molecule has 3 unspecified atom stereocenters. The zero-order valence-electron chi connectivity index (χ0n) is 17.9. The largest absolute Gasteiger partial charge is 0.328 e. The number of benzene rings is 1. The normalized spacial score (nSPS) is 25.4. The smallest absolute Gasteiger partial charge is 0.226 e. The van der Waals surface area contributed by atoms with Crippen molar-refractivity contribution >= 4 is 5.91 Å². The van der Waals surface area contributed by atoms with Gasteiger partial charge in [-0.2, -0.15) is 0 Å². The molecule has 4 heteroatoms. The van der Waals surface area contributed by atoms with Crippen LogP contribution in [0.2, 0.25) is 0 Å². The predicted molar refractivity (Wildman–Crippen MR) is 116 cm³/mol. The molecule has 28 heavy (non-hydrogen) atoms. The van der Waals surface area contributed by atoms with Gasteiger partial charge in [-0.3, -0.25) is 15.0 Å². The quantitative estimate of drug-likeness (QED) is 0.579. The van der Waals surface area contributed by atoms with Crippen LogP contribution in [0, 0.1) is 5.92 Å². The number of amides is 1. The summed E-state index contributed by atoms with van der Waals surface area (Å²) >= 11 is 0. The molecule has 0 radical (unpaired) electrons. The Morgan fingerprint density at radius 3 is 2.39 bits per heavy atom. The van der Waals surface area contributed by atoms with Crippen molar-refractivity contribution in [3.8, 4) is 0 Å². The fourth-order valence-electron chi connectivity index (χ4n) is 4.69. The van der Waals surface area contributed by atoms with Crippen LogP contribution in [0.4, 0.5) is 0 Å². The van der Waals surface area contributed by atoms with Gasteiger partial charge in [0.05, 0.1) is 5.92 Å². The van der Waals surface area contributed by atoms with Gasteiger partial charge in [0, 0.05) is 19.1 Å². The summed E-state index contributed by atoms with van der Waals surface area (Å²) in [4.78, 5) is 15.1. The van der Waals surface area contributed by atoms with Crippen LogP contribution >= 0.6 is 0 Å². The number of nitrogens with one attached hydrogen (secondary N) is 2. The molecule has 2 heterocycles. The lowest BCUT2D eigenvalue weighted by Gasteiger charge is -2.43. The molecule has 0 aliphatic carbocycles. The third-order valence-corrected chi connectivity index (χ3v) is 6.53. The van der Waals surface area contributed by atoms with Gasteiger partial charge in [0.15, 0.2) is 0 Å². The summed E-state index contributed by atoms with van der Waals surface area (Å²) in [5, 5.41) is 6.92. The van der Waals surface area contributed by atoms with E-state index in [-0.39, 0.29) is 24.2 Å². The fourth-order valence-corrected chi connectivity index (χ4v) is 4.69. The van der Waals surface area contributed by atoms with Crippen LogP contribution in [0.3, 0.4) is 0 Å². The van der Waals surface area contributed by atoms with Crippen molar-refractivity contribution in [3.63, 3.8) is 0 Å². The minimum absolute atomic E-state index is 0.0364. The Balaban J connectivity index is 1.39. The molecule has 1 amide bonds. The summed E-state index contributed by atoms with van der Waals surface area (Å²) < 4.78 is 0. The Hall–Kier alpha value is -1.39. The molecule has 0 bridgehead atoms. The minimum atomic E-state index is -0.0364. The molecule has 0 saturated carbocycles. The lowest BCUT2D eigenvalue weighted by Crippen LogP contribution is -2.66. The summed E-state index contributed by atoms with van der Waals surface area (Å²) in [7, 11) is 0. The van der Waals surface area contributed by atoms with Crippen molar-refractivity contribution in [2.45, 2.75) is 96.9 Å². The minimum Gasteiger partial charge on any atom is -0.328 e. The fraction of sp³-hybridized carbons (Fsp3) is 0.708. The lowest BCUT2D eigenvalue weighted by molar-refractivity contribution is -0.132. The van der Waals surface area contributed by atoms with Gasteiger partial charge in [0.25, 0.3) is 0 Å². The Bertz CT molecular complexity index is 618. The Kier molecular flexibility index (Phi) is 8.35. The van der Waals surface area contributed by atoms with Gasteiger partial charge >= 0.3 is 0 Å². The maximum Gasteiger partial charge on any atom is 0.226 e. The number of rotatable bonds is 10. The van der Waals surface area contributed by atoms with Crippen LogP contribution in [-0.4, -0.2) is 29.7 Å². The molecule has 0 aromatic heterocycles. The number of carbonyl (C=O) groups excluding carboxylic acids is 1. The van der Waals surface area contributed by atoms with Crippen LogP contribution < -0.4 is 10.6 Å². The van der Waals surface area contributed by atoms with Crippen molar-refractivity contribution in [2.24, 2.45) is 5.92 Å². The Morgan fingerprint density at radius 1 is 1.00 bits per heavy atom. The second-order valence-electron chi connectivity index (χ2n) is 8.73. The van der Waals surface area contributed by atoms with E-state index in [0.717, 1.165) is 25.9 Å². The van der Waals surface area contributed by atoms with Crippen molar-refractivity contribution in [3.05, 3.63) is 35.4 Å². The highest BCUT2D eigenvalue weighted by Crippen LogP contribution is 2.23. The van der Waals surface area contributed by atoms with Gasteiger partial charge in [-0.05, 0) is 30.9 Å². The highest BCUT2D eigenvalue weighted by Gasteiger charge is 2.36. The standard InChI is InChI=1S/C24H39N3O/c1-3-4-5-6-7-8-9-10-15-22-19(2)25-24(26-23(22)28)27-17-16-20-13-11-12-14-21(20)18-27/h11-14,19,22,24-25H,3-10,15-18H2,1-2H3,(H,26,28). The predicted octanol–water partition coefficient (Wildman–Crippen LogP) is 4.58. The van der Waals surface area contributed by atoms with Crippen LogP contribution in [0.5, 0.6) is 0 Å². The van der Waals surface area contributed by atoms with E-state index in [0.29, 0.717) is 0 Å². The molecule has 4 nitrogen and oxygen atoms in total. The number of nitrogens with zero attached hydrogens (tertiary/aromatic N) is 1. The first-order valence-electron chi connectivity index (χ1n) is 11.6. The van der Waals surface area contributed by atoms with Gasteiger partial charge in [0.2, 0.25) is 5.91 Å². The maximum absolute atomic E-state index is 12.8. The van der Waals surface area contributed by atoms with Crippen LogP contribution in [-0.2, 0) is 17.8 Å². The number of carbonyl (C=O) groups is 1. The summed E-state index contributed by atoms with van der Waals surface area (Å²) in [5.41, 5.74) is 2.83. The summed E-state index contributed by atoms with van der Waals surface area (Å²) in [6.07, 6.45) is 12.5. The second kappa shape index (κ2) is 11.0. The van der Waals surface area contributed by atoms with Gasteiger partial charge in [-0.25, -0.2) is 0 Å². The van der Waals surface area contributed by atoms with E-state index in [1.807, 2.05) is 0 Å². The van der Waals surface area contributed by atoms with Crippen molar-refractivity contribution in [1.29, 1.82) is 0 Å². The van der Waals surface area contributed by atoms with Crippen molar-refractivity contribution in [2.75, 3.05) is 6.54 Å². The van der Waals surface area contributed by atoms with E-state index in [1.54, 1.807) is 0 Å². The Morgan fingerprint density at radius 2 is 1.68 bits per heavy atom. The molecule has 1 fully saturated rings. The molecule has 1 saturated heterocycles. The van der Waals surface area contributed by atoms with Gasteiger partial charge in [-0.15, -0.1) is 0 Å².